The Bertz CT molecular complexity index is 1030. The lowest BCUT2D eigenvalue weighted by atomic mass is 9.87. The second-order valence-corrected chi connectivity index (χ2v) is 8.66. The molecule has 2 aromatic carbocycles. The first-order chi connectivity index (χ1) is 13.9. The van der Waals surface area contributed by atoms with Crippen LogP contribution in [0.15, 0.2) is 36.4 Å². The monoisotopic (exact) mass is 430 g/mol. The van der Waals surface area contributed by atoms with E-state index < -0.39 is 0 Å². The van der Waals surface area contributed by atoms with E-state index in [1.807, 2.05) is 29.8 Å². The Labute approximate surface area is 180 Å². The van der Waals surface area contributed by atoms with Gasteiger partial charge in [-0.3, -0.25) is 4.79 Å². The average Bonchev–Trinajstić information content (AvgIpc) is 3.01. The molecule has 7 heteroatoms. The van der Waals surface area contributed by atoms with E-state index in [-0.39, 0.29) is 11.9 Å². The summed E-state index contributed by atoms with van der Waals surface area (Å²) in [7, 11) is 1.91. The van der Waals surface area contributed by atoms with Crippen LogP contribution in [0.4, 0.5) is 11.6 Å². The first-order valence-corrected chi connectivity index (χ1v) is 10.7. The number of carbonyl (C=O) groups is 1. The fraction of sp³-hybridized carbons (Fsp3) is 0.364. The van der Waals surface area contributed by atoms with Crippen molar-refractivity contribution in [3.63, 3.8) is 0 Å². The van der Waals surface area contributed by atoms with Gasteiger partial charge in [0.2, 0.25) is 5.95 Å². The van der Waals surface area contributed by atoms with Gasteiger partial charge in [0.25, 0.3) is 5.91 Å². The normalized spacial score (nSPS) is 19.3. The number of amides is 1. The number of nitrogens with one attached hydrogen (secondary N) is 2. The first kappa shape index (κ1) is 20.0. The fourth-order valence-electron chi connectivity index (χ4n) is 3.86. The number of fused-ring (bicyclic) bond motifs is 1. The number of para-hydroxylation sites is 1. The van der Waals surface area contributed by atoms with Gasteiger partial charge in [-0.15, -0.1) is 0 Å². The number of hydrogen-bond acceptors (Lipinski definition) is 3. The summed E-state index contributed by atoms with van der Waals surface area (Å²) in [4.78, 5) is 17.4. The molecule has 1 heterocycles. The summed E-state index contributed by atoms with van der Waals surface area (Å²) >= 11 is 12.5. The van der Waals surface area contributed by atoms with E-state index >= 15 is 0 Å². The second-order valence-electron chi connectivity index (χ2n) is 7.85. The molecule has 29 heavy (non-hydrogen) atoms. The van der Waals surface area contributed by atoms with Gasteiger partial charge in [0.15, 0.2) is 0 Å². The Hall–Kier alpha value is -2.24. The highest BCUT2D eigenvalue weighted by molar-refractivity contribution is 6.39. The summed E-state index contributed by atoms with van der Waals surface area (Å²) in [5, 5.41) is 7.42. The number of rotatable bonds is 4. The summed E-state index contributed by atoms with van der Waals surface area (Å²) in [5.41, 5.74) is 2.89. The molecule has 152 valence electrons. The summed E-state index contributed by atoms with van der Waals surface area (Å²) in [6.45, 7) is 2.27. The highest BCUT2D eigenvalue weighted by Gasteiger charge is 2.21. The van der Waals surface area contributed by atoms with Gasteiger partial charge in [0.05, 0.1) is 26.8 Å². The largest absolute Gasteiger partial charge is 0.349 e. The molecule has 0 bridgehead atoms. The Morgan fingerprint density at radius 1 is 1.10 bits per heavy atom. The maximum absolute atomic E-state index is 12.7. The molecule has 0 aliphatic heterocycles. The molecule has 1 aromatic heterocycles. The van der Waals surface area contributed by atoms with Crippen molar-refractivity contribution in [2.24, 2.45) is 13.0 Å². The molecule has 3 aromatic rings. The minimum Gasteiger partial charge on any atom is -0.349 e. The summed E-state index contributed by atoms with van der Waals surface area (Å²) in [6, 6.07) is 11.2. The van der Waals surface area contributed by atoms with Crippen LogP contribution in [0.3, 0.4) is 0 Å². The molecule has 1 amide bonds. The third-order valence-electron chi connectivity index (χ3n) is 5.69. The van der Waals surface area contributed by atoms with Crippen LogP contribution >= 0.6 is 23.2 Å². The highest BCUT2D eigenvalue weighted by Crippen LogP contribution is 2.33. The maximum atomic E-state index is 12.7. The first-order valence-electron chi connectivity index (χ1n) is 9.90. The Kier molecular flexibility index (Phi) is 5.70. The number of anilines is 2. The van der Waals surface area contributed by atoms with Gasteiger partial charge in [0.1, 0.15) is 0 Å². The number of aryl methyl sites for hydroxylation is 1. The molecular weight excluding hydrogens is 407 g/mol. The molecule has 1 saturated carbocycles. The molecular formula is C22H24Cl2N4O. The second kappa shape index (κ2) is 8.25. The van der Waals surface area contributed by atoms with E-state index in [4.69, 9.17) is 23.2 Å². The smallest absolute Gasteiger partial charge is 0.251 e. The maximum Gasteiger partial charge on any atom is 0.251 e. The van der Waals surface area contributed by atoms with Gasteiger partial charge in [-0.05, 0) is 61.9 Å². The molecule has 2 N–H and O–H groups in total. The van der Waals surface area contributed by atoms with Gasteiger partial charge in [-0.1, -0.05) is 36.2 Å². The molecule has 0 spiro atoms. The standard InChI is InChI=1S/C22H24Cl2N4O/c1-13-6-9-15(10-7-13)25-21(29)14-8-11-19-18(12-14)26-22(28(19)2)27-20-16(23)4-3-5-17(20)24/h3-5,8,11-13,15H,6-7,9-10H2,1-2H3,(H,25,29)(H,26,27). The predicted octanol–water partition coefficient (Wildman–Crippen LogP) is 5.93. The van der Waals surface area contributed by atoms with Crippen molar-refractivity contribution in [2.45, 2.75) is 38.6 Å². The summed E-state index contributed by atoms with van der Waals surface area (Å²) < 4.78 is 1.92. The van der Waals surface area contributed by atoms with Crippen molar-refractivity contribution in [1.29, 1.82) is 0 Å². The zero-order chi connectivity index (χ0) is 20.5. The third-order valence-corrected chi connectivity index (χ3v) is 6.32. The minimum atomic E-state index is -0.0410. The van der Waals surface area contributed by atoms with Gasteiger partial charge in [-0.25, -0.2) is 4.98 Å². The molecule has 4 rings (SSSR count). The van der Waals surface area contributed by atoms with E-state index in [2.05, 4.69) is 22.5 Å². The zero-order valence-electron chi connectivity index (χ0n) is 16.5. The average molecular weight is 431 g/mol. The van der Waals surface area contributed by atoms with E-state index in [0.717, 1.165) is 29.8 Å². The van der Waals surface area contributed by atoms with E-state index in [1.165, 1.54) is 12.8 Å². The van der Waals surface area contributed by atoms with Crippen molar-refractivity contribution in [2.75, 3.05) is 5.32 Å². The number of aromatic nitrogens is 2. The molecule has 5 nitrogen and oxygen atoms in total. The summed E-state index contributed by atoms with van der Waals surface area (Å²) in [6.07, 6.45) is 4.44. The van der Waals surface area contributed by atoms with Crippen LogP contribution in [0.25, 0.3) is 11.0 Å². The Morgan fingerprint density at radius 3 is 2.48 bits per heavy atom. The van der Waals surface area contributed by atoms with Crippen molar-refractivity contribution >= 4 is 51.8 Å². The SMILES string of the molecule is CC1CCC(NC(=O)c2ccc3c(c2)nc(Nc2c(Cl)cccc2Cl)n3C)CC1. The Morgan fingerprint density at radius 2 is 1.79 bits per heavy atom. The van der Waals surface area contributed by atoms with E-state index in [9.17, 15) is 4.79 Å². The lowest BCUT2D eigenvalue weighted by molar-refractivity contribution is 0.0923. The van der Waals surface area contributed by atoms with Crippen molar-refractivity contribution in [1.82, 2.24) is 14.9 Å². The zero-order valence-corrected chi connectivity index (χ0v) is 18.0. The minimum absolute atomic E-state index is 0.0410. The molecule has 1 fully saturated rings. The van der Waals surface area contributed by atoms with Crippen molar-refractivity contribution < 1.29 is 4.79 Å². The quantitative estimate of drug-likeness (QED) is 0.538. The van der Waals surface area contributed by atoms with Crippen LogP contribution in [-0.4, -0.2) is 21.5 Å². The van der Waals surface area contributed by atoms with Crippen LogP contribution < -0.4 is 10.6 Å². The number of carbonyl (C=O) groups excluding carboxylic acids is 1. The van der Waals surface area contributed by atoms with Crippen LogP contribution in [0.5, 0.6) is 0 Å². The molecule has 0 unspecified atom stereocenters. The van der Waals surface area contributed by atoms with E-state index in [1.54, 1.807) is 18.2 Å². The lowest BCUT2D eigenvalue weighted by Gasteiger charge is -2.26. The van der Waals surface area contributed by atoms with Gasteiger partial charge in [0, 0.05) is 18.7 Å². The number of nitrogens with zero attached hydrogens (tertiary/aromatic N) is 2. The summed E-state index contributed by atoms with van der Waals surface area (Å²) in [5.74, 6) is 1.32. The van der Waals surface area contributed by atoms with Crippen LogP contribution in [0.1, 0.15) is 43.0 Å². The fourth-order valence-corrected chi connectivity index (χ4v) is 4.35. The molecule has 0 saturated heterocycles. The highest BCUT2D eigenvalue weighted by atomic mass is 35.5. The topological polar surface area (TPSA) is 59.0 Å². The number of hydrogen-bond donors (Lipinski definition) is 2. The molecule has 1 aliphatic rings. The molecule has 0 atom stereocenters. The predicted molar refractivity (Wildman–Crippen MR) is 119 cm³/mol. The van der Waals surface area contributed by atoms with Gasteiger partial charge in [-0.2, -0.15) is 0 Å². The Balaban J connectivity index is 1.56. The molecule has 0 radical (unpaired) electrons. The van der Waals surface area contributed by atoms with Gasteiger partial charge < -0.3 is 15.2 Å². The van der Waals surface area contributed by atoms with Crippen LogP contribution in [0, 0.1) is 5.92 Å². The number of benzene rings is 2. The molecule has 1 aliphatic carbocycles. The van der Waals surface area contributed by atoms with Crippen LogP contribution in [-0.2, 0) is 7.05 Å². The van der Waals surface area contributed by atoms with Crippen LogP contribution in [0.2, 0.25) is 10.0 Å². The van der Waals surface area contributed by atoms with Crippen molar-refractivity contribution in [3.05, 3.63) is 52.0 Å². The van der Waals surface area contributed by atoms with Crippen molar-refractivity contribution in [3.8, 4) is 0 Å². The van der Waals surface area contributed by atoms with E-state index in [0.29, 0.717) is 27.2 Å². The number of imidazole rings is 1. The third kappa shape index (κ3) is 4.21. The number of halogens is 2. The van der Waals surface area contributed by atoms with Gasteiger partial charge >= 0.3 is 0 Å². The lowest BCUT2D eigenvalue weighted by Crippen LogP contribution is -2.37.